The molecule has 2 heterocycles. The zero-order chi connectivity index (χ0) is 17.1. The SMILES string of the molecule is CCn1cc(Br)c(C(=O)Nc2ccn(Cc3ccc(Cl)cc3)n2)n1. The maximum atomic E-state index is 12.3. The van der Waals surface area contributed by atoms with Gasteiger partial charge < -0.3 is 5.32 Å². The van der Waals surface area contributed by atoms with Crippen LogP contribution < -0.4 is 5.32 Å². The van der Waals surface area contributed by atoms with E-state index >= 15 is 0 Å². The number of carbonyl (C=O) groups is 1. The van der Waals surface area contributed by atoms with Crippen LogP contribution in [0.3, 0.4) is 0 Å². The number of nitrogens with one attached hydrogen (secondary N) is 1. The maximum absolute atomic E-state index is 12.3. The van der Waals surface area contributed by atoms with Crippen molar-refractivity contribution in [2.75, 3.05) is 5.32 Å². The van der Waals surface area contributed by atoms with Crippen LogP contribution in [0.4, 0.5) is 5.82 Å². The smallest absolute Gasteiger partial charge is 0.278 e. The van der Waals surface area contributed by atoms with Crippen LogP contribution >= 0.6 is 27.5 Å². The van der Waals surface area contributed by atoms with E-state index in [1.165, 1.54) is 0 Å². The van der Waals surface area contributed by atoms with Gasteiger partial charge >= 0.3 is 0 Å². The van der Waals surface area contributed by atoms with Gasteiger partial charge in [-0.3, -0.25) is 14.2 Å². The molecule has 0 spiro atoms. The topological polar surface area (TPSA) is 64.7 Å². The summed E-state index contributed by atoms with van der Waals surface area (Å²) in [5.41, 5.74) is 1.41. The largest absolute Gasteiger partial charge is 0.304 e. The van der Waals surface area contributed by atoms with Gasteiger partial charge in [0.25, 0.3) is 5.91 Å². The first-order chi connectivity index (χ1) is 11.5. The molecule has 2 aromatic heterocycles. The van der Waals surface area contributed by atoms with Crippen molar-refractivity contribution in [3.05, 3.63) is 63.5 Å². The molecule has 124 valence electrons. The zero-order valence-electron chi connectivity index (χ0n) is 12.9. The molecule has 3 rings (SSSR count). The Balaban J connectivity index is 1.68. The van der Waals surface area contributed by atoms with Gasteiger partial charge in [-0.05, 0) is 40.5 Å². The number of rotatable bonds is 5. The molecular weight excluding hydrogens is 394 g/mol. The summed E-state index contributed by atoms with van der Waals surface area (Å²) in [5.74, 6) is 0.178. The lowest BCUT2D eigenvalue weighted by Gasteiger charge is -2.02. The first kappa shape index (κ1) is 16.7. The number of benzene rings is 1. The molecule has 1 aromatic carbocycles. The van der Waals surface area contributed by atoms with Crippen molar-refractivity contribution in [3.8, 4) is 0 Å². The van der Waals surface area contributed by atoms with Crippen molar-refractivity contribution < 1.29 is 4.79 Å². The number of hydrogen-bond acceptors (Lipinski definition) is 3. The van der Waals surface area contributed by atoms with Gasteiger partial charge in [0, 0.05) is 30.0 Å². The Morgan fingerprint density at radius 2 is 1.96 bits per heavy atom. The number of amides is 1. The Kier molecular flexibility index (Phi) is 5.01. The van der Waals surface area contributed by atoms with Gasteiger partial charge in [0.1, 0.15) is 0 Å². The number of halogens is 2. The van der Waals surface area contributed by atoms with Gasteiger partial charge in [-0.2, -0.15) is 10.2 Å². The lowest BCUT2D eigenvalue weighted by molar-refractivity contribution is 0.102. The van der Waals surface area contributed by atoms with Crippen molar-refractivity contribution >= 4 is 39.3 Å². The summed E-state index contributed by atoms with van der Waals surface area (Å²) in [7, 11) is 0. The molecule has 0 unspecified atom stereocenters. The van der Waals surface area contributed by atoms with E-state index in [2.05, 4.69) is 31.4 Å². The van der Waals surface area contributed by atoms with E-state index in [4.69, 9.17) is 11.6 Å². The zero-order valence-corrected chi connectivity index (χ0v) is 15.3. The van der Waals surface area contributed by atoms with Crippen LogP contribution in [0.25, 0.3) is 0 Å². The highest BCUT2D eigenvalue weighted by Crippen LogP contribution is 2.17. The third kappa shape index (κ3) is 3.85. The van der Waals surface area contributed by atoms with E-state index in [0.29, 0.717) is 34.1 Å². The van der Waals surface area contributed by atoms with Gasteiger partial charge in [0.15, 0.2) is 11.5 Å². The van der Waals surface area contributed by atoms with Crippen LogP contribution in [-0.4, -0.2) is 25.5 Å². The minimum atomic E-state index is -0.300. The lowest BCUT2D eigenvalue weighted by Crippen LogP contribution is -2.14. The summed E-state index contributed by atoms with van der Waals surface area (Å²) < 4.78 is 4.10. The fourth-order valence-corrected chi connectivity index (χ4v) is 2.80. The van der Waals surface area contributed by atoms with Crippen LogP contribution in [0.1, 0.15) is 23.0 Å². The number of anilines is 1. The van der Waals surface area contributed by atoms with Crippen LogP contribution in [0.15, 0.2) is 47.2 Å². The van der Waals surface area contributed by atoms with E-state index in [-0.39, 0.29) is 5.91 Å². The van der Waals surface area contributed by atoms with E-state index in [1.807, 2.05) is 37.4 Å². The molecule has 1 N–H and O–H groups in total. The Labute approximate surface area is 152 Å². The van der Waals surface area contributed by atoms with Crippen molar-refractivity contribution in [1.29, 1.82) is 0 Å². The van der Waals surface area contributed by atoms with Gasteiger partial charge in [-0.1, -0.05) is 23.7 Å². The molecule has 0 fully saturated rings. The summed E-state index contributed by atoms with van der Waals surface area (Å²) in [5, 5.41) is 12.0. The highest BCUT2D eigenvalue weighted by molar-refractivity contribution is 9.10. The second kappa shape index (κ2) is 7.19. The number of aryl methyl sites for hydroxylation is 1. The number of nitrogens with zero attached hydrogens (tertiary/aromatic N) is 4. The minimum Gasteiger partial charge on any atom is -0.304 e. The van der Waals surface area contributed by atoms with Crippen LogP contribution in [0, 0.1) is 0 Å². The van der Waals surface area contributed by atoms with Crippen LogP contribution in [0.5, 0.6) is 0 Å². The first-order valence-electron chi connectivity index (χ1n) is 7.37. The molecule has 0 saturated carbocycles. The van der Waals surface area contributed by atoms with Crippen LogP contribution in [0.2, 0.25) is 5.02 Å². The number of carbonyl (C=O) groups excluding carboxylic acids is 1. The first-order valence-corrected chi connectivity index (χ1v) is 8.54. The van der Waals surface area contributed by atoms with Gasteiger partial charge in [-0.15, -0.1) is 0 Å². The van der Waals surface area contributed by atoms with Crippen molar-refractivity contribution in [2.24, 2.45) is 0 Å². The highest BCUT2D eigenvalue weighted by atomic mass is 79.9. The number of aromatic nitrogens is 4. The van der Waals surface area contributed by atoms with Gasteiger partial charge in [0.05, 0.1) is 11.0 Å². The Bertz CT molecular complexity index is 856. The lowest BCUT2D eigenvalue weighted by atomic mass is 10.2. The molecule has 0 radical (unpaired) electrons. The third-order valence-electron chi connectivity index (χ3n) is 3.40. The van der Waals surface area contributed by atoms with E-state index in [1.54, 1.807) is 21.6 Å². The fourth-order valence-electron chi connectivity index (χ4n) is 2.18. The molecule has 0 saturated heterocycles. The fraction of sp³-hybridized carbons (Fsp3) is 0.188. The molecule has 1 amide bonds. The molecule has 0 aliphatic heterocycles. The van der Waals surface area contributed by atoms with Crippen molar-refractivity contribution in [3.63, 3.8) is 0 Å². The Morgan fingerprint density at radius 3 is 2.62 bits per heavy atom. The molecule has 3 aromatic rings. The summed E-state index contributed by atoms with van der Waals surface area (Å²) in [4.78, 5) is 12.3. The predicted molar refractivity (Wildman–Crippen MR) is 96.3 cm³/mol. The molecule has 8 heteroatoms. The normalized spacial score (nSPS) is 10.8. The average Bonchev–Trinajstić information content (AvgIpc) is 3.16. The molecule has 0 atom stereocenters. The van der Waals surface area contributed by atoms with E-state index < -0.39 is 0 Å². The van der Waals surface area contributed by atoms with Crippen molar-refractivity contribution in [1.82, 2.24) is 19.6 Å². The summed E-state index contributed by atoms with van der Waals surface area (Å²) >= 11 is 9.22. The predicted octanol–water partition coefficient (Wildman–Crippen LogP) is 3.82. The van der Waals surface area contributed by atoms with Crippen LogP contribution in [-0.2, 0) is 13.1 Å². The second-order valence-electron chi connectivity index (χ2n) is 5.16. The summed E-state index contributed by atoms with van der Waals surface area (Å²) in [6.07, 6.45) is 3.58. The average molecular weight is 409 g/mol. The number of hydrogen-bond donors (Lipinski definition) is 1. The third-order valence-corrected chi connectivity index (χ3v) is 4.23. The van der Waals surface area contributed by atoms with E-state index in [0.717, 1.165) is 5.56 Å². The van der Waals surface area contributed by atoms with E-state index in [9.17, 15) is 4.79 Å². The molecule has 24 heavy (non-hydrogen) atoms. The Hall–Kier alpha value is -2.12. The molecule has 0 aliphatic rings. The standard InChI is InChI=1S/C16H15BrClN5O/c1-2-22-10-13(17)15(21-22)16(24)19-14-7-8-23(20-14)9-11-3-5-12(18)6-4-11/h3-8,10H,2,9H2,1H3,(H,19,20,24). The van der Waals surface area contributed by atoms with Gasteiger partial charge in [0.2, 0.25) is 0 Å². The second-order valence-corrected chi connectivity index (χ2v) is 6.45. The monoisotopic (exact) mass is 407 g/mol. The molecule has 0 aliphatic carbocycles. The highest BCUT2D eigenvalue weighted by Gasteiger charge is 2.16. The summed E-state index contributed by atoms with van der Waals surface area (Å²) in [6.45, 7) is 3.25. The molecule has 6 nitrogen and oxygen atoms in total. The van der Waals surface area contributed by atoms with Crippen molar-refractivity contribution in [2.45, 2.75) is 20.0 Å². The van der Waals surface area contributed by atoms with Gasteiger partial charge in [-0.25, -0.2) is 0 Å². The maximum Gasteiger partial charge on any atom is 0.278 e. The molecular formula is C16H15BrClN5O. The Morgan fingerprint density at radius 1 is 1.21 bits per heavy atom. The summed E-state index contributed by atoms with van der Waals surface area (Å²) in [6, 6.07) is 9.31. The minimum absolute atomic E-state index is 0.300. The quantitative estimate of drug-likeness (QED) is 0.698. The molecule has 0 bridgehead atoms.